The molecule has 0 aliphatic heterocycles. The first-order chi connectivity index (χ1) is 13.7. The summed E-state index contributed by atoms with van der Waals surface area (Å²) >= 11 is 6.12. The van der Waals surface area contributed by atoms with E-state index in [-0.39, 0.29) is 24.8 Å². The maximum atomic E-state index is 12.2. The van der Waals surface area contributed by atoms with Gasteiger partial charge in [-0.1, -0.05) is 48.9 Å². The fourth-order valence-electron chi connectivity index (χ4n) is 2.93. The van der Waals surface area contributed by atoms with Gasteiger partial charge in [-0.3, -0.25) is 9.10 Å². The Morgan fingerprint density at radius 1 is 1.21 bits per heavy atom. The van der Waals surface area contributed by atoms with Gasteiger partial charge in [0, 0.05) is 19.5 Å². The van der Waals surface area contributed by atoms with Crippen molar-refractivity contribution >= 4 is 33.2 Å². The molecule has 0 unspecified atom stereocenters. The summed E-state index contributed by atoms with van der Waals surface area (Å²) in [7, 11) is -2.02. The van der Waals surface area contributed by atoms with Crippen LogP contribution in [0.3, 0.4) is 0 Å². The van der Waals surface area contributed by atoms with Crippen molar-refractivity contribution < 1.29 is 17.9 Å². The van der Waals surface area contributed by atoms with Crippen molar-refractivity contribution in [3.05, 3.63) is 59.1 Å². The minimum Gasteiger partial charge on any atom is -0.495 e. The van der Waals surface area contributed by atoms with Crippen molar-refractivity contribution in [1.82, 2.24) is 5.32 Å². The summed E-state index contributed by atoms with van der Waals surface area (Å²) in [6.45, 7) is 2.77. The van der Waals surface area contributed by atoms with Crippen LogP contribution in [0.2, 0.25) is 5.02 Å². The number of benzene rings is 2. The zero-order valence-corrected chi connectivity index (χ0v) is 18.5. The molecule has 0 aromatic heterocycles. The lowest BCUT2D eigenvalue weighted by Gasteiger charge is -2.23. The number of halogens is 1. The third-order valence-electron chi connectivity index (χ3n) is 4.56. The van der Waals surface area contributed by atoms with Gasteiger partial charge < -0.3 is 10.1 Å². The number of nitrogens with one attached hydrogen (secondary N) is 1. The fourth-order valence-corrected chi connectivity index (χ4v) is 4.14. The molecule has 2 aromatic rings. The van der Waals surface area contributed by atoms with Crippen molar-refractivity contribution in [2.45, 2.75) is 25.7 Å². The Hall–Kier alpha value is -2.25. The number of methoxy groups -OCH3 is 1. The molecular formula is C21H27ClN2O4S. The first-order valence-electron chi connectivity index (χ1n) is 9.35. The predicted molar refractivity (Wildman–Crippen MR) is 117 cm³/mol. The van der Waals surface area contributed by atoms with E-state index >= 15 is 0 Å². The van der Waals surface area contributed by atoms with E-state index in [0.29, 0.717) is 29.4 Å². The monoisotopic (exact) mass is 438 g/mol. The summed E-state index contributed by atoms with van der Waals surface area (Å²) < 4.78 is 30.7. The second-order valence-corrected chi connectivity index (χ2v) is 9.19. The molecule has 8 heteroatoms. The van der Waals surface area contributed by atoms with Gasteiger partial charge in [-0.25, -0.2) is 8.42 Å². The molecule has 1 N–H and O–H groups in total. The first-order valence-corrected chi connectivity index (χ1v) is 11.6. The van der Waals surface area contributed by atoms with Crippen LogP contribution >= 0.6 is 11.6 Å². The molecule has 0 bridgehead atoms. The summed E-state index contributed by atoms with van der Waals surface area (Å²) in [5.41, 5.74) is 1.60. The van der Waals surface area contributed by atoms with Crippen LogP contribution in [0.5, 0.6) is 5.75 Å². The molecule has 0 fully saturated rings. The molecule has 0 aliphatic carbocycles. The molecule has 0 heterocycles. The Kier molecular flexibility index (Phi) is 8.34. The van der Waals surface area contributed by atoms with Gasteiger partial charge in [0.25, 0.3) is 0 Å². The Morgan fingerprint density at radius 3 is 2.48 bits per heavy atom. The average molecular weight is 439 g/mol. The highest BCUT2D eigenvalue weighted by molar-refractivity contribution is 7.92. The molecular weight excluding hydrogens is 412 g/mol. The van der Waals surface area contributed by atoms with Crippen LogP contribution in [0, 0.1) is 0 Å². The molecule has 1 amide bonds. The molecule has 0 radical (unpaired) electrons. The van der Waals surface area contributed by atoms with Crippen molar-refractivity contribution in [3.63, 3.8) is 0 Å². The standard InChI is InChI=1S/C21H27ClN2O4S/c1-16(17-8-5-4-6-9-17)15-23-21(25)10-7-13-24(29(3,26)27)18-11-12-20(28-2)19(22)14-18/h4-6,8-9,11-12,14,16H,7,10,13,15H2,1-3H3,(H,23,25)/t16-/m1/s1. The topological polar surface area (TPSA) is 75.7 Å². The quantitative estimate of drug-likeness (QED) is 0.611. The summed E-state index contributed by atoms with van der Waals surface area (Å²) in [5, 5.41) is 3.24. The van der Waals surface area contributed by atoms with Gasteiger partial charge in [0.2, 0.25) is 15.9 Å². The predicted octanol–water partition coefficient (Wildman–Crippen LogP) is 3.81. The van der Waals surface area contributed by atoms with Crippen molar-refractivity contribution in [2.24, 2.45) is 0 Å². The maximum absolute atomic E-state index is 12.2. The lowest BCUT2D eigenvalue weighted by atomic mass is 10.0. The van der Waals surface area contributed by atoms with E-state index in [4.69, 9.17) is 16.3 Å². The van der Waals surface area contributed by atoms with Crippen LogP contribution < -0.4 is 14.4 Å². The molecule has 1 atom stereocenters. The van der Waals surface area contributed by atoms with Crippen LogP contribution in [0.25, 0.3) is 0 Å². The van der Waals surface area contributed by atoms with Gasteiger partial charge in [0.15, 0.2) is 0 Å². The molecule has 6 nitrogen and oxygen atoms in total. The third-order valence-corrected chi connectivity index (χ3v) is 6.05. The number of ether oxygens (including phenoxy) is 1. The number of carbonyl (C=O) groups is 1. The van der Waals surface area contributed by atoms with Crippen LogP contribution in [-0.2, 0) is 14.8 Å². The summed E-state index contributed by atoms with van der Waals surface area (Å²) in [6, 6.07) is 14.8. The van der Waals surface area contributed by atoms with Crippen LogP contribution in [0.15, 0.2) is 48.5 Å². The number of anilines is 1. The molecule has 0 saturated heterocycles. The van der Waals surface area contributed by atoms with E-state index < -0.39 is 10.0 Å². The Balaban J connectivity index is 1.90. The van der Waals surface area contributed by atoms with Crippen LogP contribution in [0.1, 0.15) is 31.2 Å². The van der Waals surface area contributed by atoms with Gasteiger partial charge >= 0.3 is 0 Å². The second kappa shape index (κ2) is 10.5. The second-order valence-electron chi connectivity index (χ2n) is 6.87. The lowest BCUT2D eigenvalue weighted by molar-refractivity contribution is -0.121. The average Bonchev–Trinajstić information content (AvgIpc) is 2.69. The number of hydrogen-bond donors (Lipinski definition) is 1. The molecule has 2 aromatic carbocycles. The van der Waals surface area contributed by atoms with Gasteiger partial charge in [-0.05, 0) is 36.1 Å². The van der Waals surface area contributed by atoms with E-state index in [1.807, 2.05) is 30.3 Å². The van der Waals surface area contributed by atoms with Crippen molar-refractivity contribution in [2.75, 3.05) is 30.8 Å². The van der Waals surface area contributed by atoms with Crippen molar-refractivity contribution in [3.8, 4) is 5.75 Å². The Bertz CT molecular complexity index is 920. The van der Waals surface area contributed by atoms with Crippen molar-refractivity contribution in [1.29, 1.82) is 0 Å². The van der Waals surface area contributed by atoms with Crippen LogP contribution in [-0.4, -0.2) is 40.8 Å². The van der Waals surface area contributed by atoms with E-state index in [1.165, 1.54) is 11.4 Å². The number of nitrogens with zero attached hydrogens (tertiary/aromatic N) is 1. The maximum Gasteiger partial charge on any atom is 0.232 e. The van der Waals surface area contributed by atoms with Gasteiger partial charge in [-0.2, -0.15) is 0 Å². The number of sulfonamides is 1. The number of rotatable bonds is 10. The number of hydrogen-bond acceptors (Lipinski definition) is 4. The zero-order valence-electron chi connectivity index (χ0n) is 16.9. The number of carbonyl (C=O) groups excluding carboxylic acids is 1. The molecule has 0 saturated carbocycles. The van der Waals surface area contributed by atoms with Gasteiger partial charge in [-0.15, -0.1) is 0 Å². The molecule has 29 heavy (non-hydrogen) atoms. The summed E-state index contributed by atoms with van der Waals surface area (Å²) in [6.07, 6.45) is 1.76. The normalized spacial score (nSPS) is 12.3. The Labute approximate surface area is 177 Å². The first kappa shape index (κ1) is 23.0. The fraction of sp³-hybridized carbons (Fsp3) is 0.381. The minimum atomic E-state index is -3.51. The SMILES string of the molecule is COc1ccc(N(CCCC(=O)NC[C@@H](C)c2ccccc2)S(C)(=O)=O)cc1Cl. The van der Waals surface area contributed by atoms with Crippen LogP contribution in [0.4, 0.5) is 5.69 Å². The van der Waals surface area contributed by atoms with E-state index in [9.17, 15) is 13.2 Å². The highest BCUT2D eigenvalue weighted by Crippen LogP contribution is 2.30. The zero-order chi connectivity index (χ0) is 21.4. The minimum absolute atomic E-state index is 0.103. The summed E-state index contributed by atoms with van der Waals surface area (Å²) in [5.74, 6) is 0.568. The van der Waals surface area contributed by atoms with E-state index in [1.54, 1.807) is 18.2 Å². The number of amides is 1. The van der Waals surface area contributed by atoms with E-state index in [0.717, 1.165) is 11.8 Å². The highest BCUT2D eigenvalue weighted by Gasteiger charge is 2.19. The smallest absolute Gasteiger partial charge is 0.232 e. The molecule has 2 rings (SSSR count). The van der Waals surface area contributed by atoms with Gasteiger partial charge in [0.1, 0.15) is 5.75 Å². The Morgan fingerprint density at radius 2 is 1.90 bits per heavy atom. The van der Waals surface area contributed by atoms with E-state index in [2.05, 4.69) is 12.2 Å². The molecule has 0 spiro atoms. The lowest BCUT2D eigenvalue weighted by Crippen LogP contribution is -2.32. The molecule has 0 aliphatic rings. The largest absolute Gasteiger partial charge is 0.495 e. The third kappa shape index (κ3) is 6.94. The summed E-state index contributed by atoms with van der Waals surface area (Å²) in [4.78, 5) is 12.2. The van der Waals surface area contributed by atoms with Gasteiger partial charge in [0.05, 0.1) is 24.1 Å². The molecule has 158 valence electrons. The highest BCUT2D eigenvalue weighted by atomic mass is 35.5.